The van der Waals surface area contributed by atoms with Crippen molar-refractivity contribution in [3.8, 4) is 11.5 Å². The zero-order valence-corrected chi connectivity index (χ0v) is 25.1. The zero-order chi connectivity index (χ0) is 27.1. The fraction of sp³-hybridized carbons (Fsp3) is 0.161. The molecule has 0 N–H and O–H groups in total. The summed E-state index contributed by atoms with van der Waals surface area (Å²) in [6.07, 6.45) is 5.37. The minimum Gasteiger partial charge on any atom is -0.497 e. The normalized spacial score (nSPS) is 16.2. The maximum atomic E-state index is 14.0. The molecule has 1 atom stereocenters. The topological polar surface area (TPSA) is 52.8 Å². The first-order valence-corrected chi connectivity index (χ1v) is 14.9. The summed E-state index contributed by atoms with van der Waals surface area (Å²) in [6, 6.07) is 20.1. The van der Waals surface area contributed by atoms with Crippen LogP contribution in [-0.4, -0.2) is 18.3 Å². The first-order chi connectivity index (χ1) is 19.0. The van der Waals surface area contributed by atoms with E-state index < -0.39 is 0 Å². The standard InChI is InChI=1S/C31H24Br2N2O3S/c1-3-13-38-29-24(32)14-18(15-25(29)33)16-26-30(36)35-28(20-8-6-9-21(17-20)37-2)23-12-11-19-7-4-5-10-22(19)27(23)34-31(35)39-26/h3-10,14-17,28H,1,11-13H2,2H3/b26-16+/t28-/m1/s1. The Labute approximate surface area is 246 Å². The lowest BCUT2D eigenvalue weighted by atomic mass is 9.83. The summed E-state index contributed by atoms with van der Waals surface area (Å²) in [7, 11) is 1.66. The van der Waals surface area contributed by atoms with E-state index in [1.54, 1.807) is 13.2 Å². The van der Waals surface area contributed by atoms with Crippen molar-refractivity contribution in [3.05, 3.63) is 130 Å². The van der Waals surface area contributed by atoms with Crippen LogP contribution in [-0.2, 0) is 6.42 Å². The van der Waals surface area contributed by atoms with Gasteiger partial charge in [0.25, 0.3) is 5.56 Å². The van der Waals surface area contributed by atoms with Crippen LogP contribution in [0.25, 0.3) is 11.8 Å². The molecule has 2 heterocycles. The number of halogens is 2. The number of benzene rings is 3. The van der Waals surface area contributed by atoms with Crippen molar-refractivity contribution < 1.29 is 9.47 Å². The molecule has 5 nitrogen and oxygen atoms in total. The van der Waals surface area contributed by atoms with Crippen LogP contribution in [0.1, 0.15) is 34.7 Å². The first-order valence-electron chi connectivity index (χ1n) is 12.5. The number of aryl methyl sites for hydroxylation is 1. The molecule has 0 amide bonds. The maximum Gasteiger partial charge on any atom is 0.271 e. The molecule has 1 aliphatic carbocycles. The van der Waals surface area contributed by atoms with Crippen molar-refractivity contribution in [1.82, 2.24) is 4.57 Å². The van der Waals surface area contributed by atoms with E-state index in [1.807, 2.05) is 41.0 Å². The third-order valence-electron chi connectivity index (χ3n) is 6.95. The minimum atomic E-state index is -0.255. The monoisotopic (exact) mass is 662 g/mol. The fourth-order valence-electron chi connectivity index (χ4n) is 5.23. The van der Waals surface area contributed by atoms with E-state index in [9.17, 15) is 4.79 Å². The van der Waals surface area contributed by atoms with Crippen LogP contribution in [0.3, 0.4) is 0 Å². The third kappa shape index (κ3) is 4.75. The third-order valence-corrected chi connectivity index (χ3v) is 9.11. The van der Waals surface area contributed by atoms with Crippen LogP contribution in [0.2, 0.25) is 0 Å². The quantitative estimate of drug-likeness (QED) is 0.224. The Morgan fingerprint density at radius 1 is 1.10 bits per heavy atom. The number of allylic oxidation sites excluding steroid dienone is 1. The van der Waals surface area contributed by atoms with E-state index in [1.165, 1.54) is 16.9 Å². The molecule has 0 unspecified atom stereocenters. The van der Waals surface area contributed by atoms with Gasteiger partial charge in [0.15, 0.2) is 4.80 Å². The highest BCUT2D eigenvalue weighted by Gasteiger charge is 2.32. The number of hydrogen-bond donors (Lipinski definition) is 0. The van der Waals surface area contributed by atoms with Crippen LogP contribution in [0.4, 0.5) is 0 Å². The number of thiazole rings is 1. The molecule has 8 heteroatoms. The summed E-state index contributed by atoms with van der Waals surface area (Å²) in [5.74, 6) is 1.45. The van der Waals surface area contributed by atoms with Gasteiger partial charge in [0.1, 0.15) is 18.1 Å². The van der Waals surface area contributed by atoms with Crippen molar-refractivity contribution in [1.29, 1.82) is 0 Å². The second kappa shape index (κ2) is 10.8. The molecule has 1 aromatic heterocycles. The molecule has 1 aliphatic heterocycles. The minimum absolute atomic E-state index is 0.0591. The Hall–Kier alpha value is -3.20. The van der Waals surface area contributed by atoms with Crippen LogP contribution >= 0.6 is 43.2 Å². The van der Waals surface area contributed by atoms with Crippen LogP contribution in [0.15, 0.2) is 97.6 Å². The van der Waals surface area contributed by atoms with Gasteiger partial charge in [-0.25, -0.2) is 4.99 Å². The molecule has 6 rings (SSSR count). The van der Waals surface area contributed by atoms with E-state index in [2.05, 4.69) is 68.8 Å². The zero-order valence-electron chi connectivity index (χ0n) is 21.1. The first kappa shape index (κ1) is 26.0. The van der Waals surface area contributed by atoms with Crippen LogP contribution < -0.4 is 24.4 Å². The molecule has 0 radical (unpaired) electrons. The lowest BCUT2D eigenvalue weighted by Crippen LogP contribution is -2.38. The highest BCUT2D eigenvalue weighted by atomic mass is 79.9. The van der Waals surface area contributed by atoms with E-state index in [0.717, 1.165) is 55.5 Å². The Kier molecular flexibility index (Phi) is 7.18. The SMILES string of the molecule is C=CCOc1c(Br)cc(/C=c2/sc3n(c2=O)[C@H](c2cccc(OC)c2)C2=C(N=3)c3ccccc3CC2)cc1Br. The van der Waals surface area contributed by atoms with Crippen LogP contribution in [0, 0.1) is 0 Å². The average molecular weight is 664 g/mol. The Morgan fingerprint density at radius 2 is 1.90 bits per heavy atom. The molecule has 0 spiro atoms. The molecule has 0 fully saturated rings. The lowest BCUT2D eigenvalue weighted by Gasteiger charge is -2.31. The van der Waals surface area contributed by atoms with Gasteiger partial charge in [-0.1, -0.05) is 60.4 Å². The Morgan fingerprint density at radius 3 is 2.67 bits per heavy atom. The fourth-order valence-corrected chi connectivity index (χ4v) is 7.68. The molecule has 0 bridgehead atoms. The smallest absolute Gasteiger partial charge is 0.271 e. The molecular weight excluding hydrogens is 640 g/mol. The number of rotatable bonds is 6. The number of hydrogen-bond acceptors (Lipinski definition) is 5. The Balaban J connectivity index is 1.55. The van der Waals surface area contributed by atoms with Gasteiger partial charge in [-0.2, -0.15) is 0 Å². The van der Waals surface area contributed by atoms with Gasteiger partial charge in [0.2, 0.25) is 0 Å². The molecule has 4 aromatic rings. The van der Waals surface area contributed by atoms with E-state index in [-0.39, 0.29) is 11.6 Å². The van der Waals surface area contributed by atoms with Crippen molar-refractivity contribution in [2.75, 3.05) is 13.7 Å². The number of aromatic nitrogens is 1. The van der Waals surface area contributed by atoms with Crippen molar-refractivity contribution in [3.63, 3.8) is 0 Å². The van der Waals surface area contributed by atoms with Gasteiger partial charge in [-0.05, 0) is 97.3 Å². The van der Waals surface area contributed by atoms with Gasteiger partial charge in [-0.3, -0.25) is 9.36 Å². The van der Waals surface area contributed by atoms with Gasteiger partial charge in [-0.15, -0.1) is 0 Å². The van der Waals surface area contributed by atoms with Crippen molar-refractivity contribution in [2.45, 2.75) is 18.9 Å². The second-order valence-corrected chi connectivity index (χ2v) is 12.0. The van der Waals surface area contributed by atoms with E-state index in [0.29, 0.717) is 21.7 Å². The van der Waals surface area contributed by atoms with Crippen LogP contribution in [0.5, 0.6) is 11.5 Å². The molecule has 0 saturated carbocycles. The molecule has 39 heavy (non-hydrogen) atoms. The lowest BCUT2D eigenvalue weighted by molar-refractivity contribution is 0.358. The summed E-state index contributed by atoms with van der Waals surface area (Å²) >= 11 is 8.62. The summed E-state index contributed by atoms with van der Waals surface area (Å²) < 4.78 is 15.4. The summed E-state index contributed by atoms with van der Waals surface area (Å²) in [5, 5.41) is 0. The van der Waals surface area contributed by atoms with Gasteiger partial charge >= 0.3 is 0 Å². The number of fused-ring (bicyclic) bond motifs is 3. The maximum absolute atomic E-state index is 14.0. The summed E-state index contributed by atoms with van der Waals surface area (Å²) in [6.45, 7) is 4.11. The van der Waals surface area contributed by atoms with Gasteiger partial charge < -0.3 is 9.47 Å². The molecule has 3 aromatic carbocycles. The molecule has 196 valence electrons. The average Bonchev–Trinajstić information content (AvgIpc) is 3.25. The number of ether oxygens (including phenoxy) is 2. The van der Waals surface area contributed by atoms with Crippen molar-refractivity contribution >= 4 is 55.0 Å². The predicted molar refractivity (Wildman–Crippen MR) is 163 cm³/mol. The van der Waals surface area contributed by atoms with E-state index >= 15 is 0 Å². The predicted octanol–water partition coefficient (Wildman–Crippen LogP) is 6.42. The molecule has 0 saturated heterocycles. The number of methoxy groups -OCH3 is 1. The summed E-state index contributed by atoms with van der Waals surface area (Å²) in [5.41, 5.74) is 6.40. The second-order valence-electron chi connectivity index (χ2n) is 9.30. The summed E-state index contributed by atoms with van der Waals surface area (Å²) in [4.78, 5) is 19.8. The van der Waals surface area contributed by atoms with Gasteiger partial charge in [0, 0.05) is 5.56 Å². The highest BCUT2D eigenvalue weighted by molar-refractivity contribution is 9.11. The molecular formula is C31H24Br2N2O3S. The van der Waals surface area contributed by atoms with Gasteiger partial charge in [0.05, 0.1) is 32.3 Å². The highest BCUT2D eigenvalue weighted by Crippen LogP contribution is 2.41. The van der Waals surface area contributed by atoms with E-state index in [4.69, 9.17) is 14.5 Å². The Bertz CT molecular complexity index is 1810. The molecule has 2 aliphatic rings. The largest absolute Gasteiger partial charge is 0.497 e. The number of nitrogens with zero attached hydrogens (tertiary/aromatic N) is 2. The van der Waals surface area contributed by atoms with Crippen molar-refractivity contribution in [2.24, 2.45) is 4.99 Å².